The van der Waals surface area contributed by atoms with Gasteiger partial charge in [0, 0.05) is 17.7 Å². The second-order valence-corrected chi connectivity index (χ2v) is 6.65. The lowest BCUT2D eigenvalue weighted by Gasteiger charge is -2.01. The third kappa shape index (κ3) is 3.79. The van der Waals surface area contributed by atoms with Gasteiger partial charge in [-0.25, -0.2) is 4.68 Å². The molecule has 0 amide bonds. The fourth-order valence-electron chi connectivity index (χ4n) is 3.03. The topological polar surface area (TPSA) is 106 Å². The molecular weight excluding hydrogens is 382 g/mol. The summed E-state index contributed by atoms with van der Waals surface area (Å²) in [4.78, 5) is 23.6. The van der Waals surface area contributed by atoms with E-state index in [0.717, 1.165) is 5.56 Å². The lowest BCUT2D eigenvalue weighted by atomic mass is 10.1. The number of nitrogens with zero attached hydrogens (tertiary/aromatic N) is 4. The molecule has 0 bridgehead atoms. The Morgan fingerprint density at radius 2 is 1.67 bits per heavy atom. The number of nitro groups is 1. The SMILES string of the molecule is Cc1cccc(N=Nc2c(-c3ccc([N+](=O)[O-])cc3)[nH]n(-c3ccccc3)c2=O)c1. The molecule has 4 aromatic rings. The number of aryl methyl sites for hydroxylation is 1. The second-order valence-electron chi connectivity index (χ2n) is 6.65. The van der Waals surface area contributed by atoms with Gasteiger partial charge in [0.25, 0.3) is 11.2 Å². The number of nitrogens with one attached hydrogen (secondary N) is 1. The minimum Gasteiger partial charge on any atom is -0.288 e. The molecule has 0 radical (unpaired) electrons. The van der Waals surface area contributed by atoms with E-state index in [0.29, 0.717) is 22.6 Å². The molecule has 0 saturated heterocycles. The van der Waals surface area contributed by atoms with E-state index < -0.39 is 4.92 Å². The average molecular weight is 399 g/mol. The lowest BCUT2D eigenvalue weighted by molar-refractivity contribution is -0.384. The van der Waals surface area contributed by atoms with Crippen LogP contribution in [-0.2, 0) is 0 Å². The zero-order valence-corrected chi connectivity index (χ0v) is 16.0. The van der Waals surface area contributed by atoms with Crippen molar-refractivity contribution in [2.45, 2.75) is 6.92 Å². The standard InChI is InChI=1S/C22H17N5O3/c1-15-6-5-7-17(14-15)23-24-21-20(16-10-12-19(13-11-16)27(29)30)25-26(22(21)28)18-8-3-2-4-9-18/h2-14,25H,1H3. The normalized spacial score (nSPS) is 11.1. The predicted molar refractivity (Wildman–Crippen MR) is 114 cm³/mol. The quantitative estimate of drug-likeness (QED) is 0.273. The number of hydrogen-bond donors (Lipinski definition) is 1. The van der Waals surface area contributed by atoms with Gasteiger partial charge in [-0.2, -0.15) is 5.11 Å². The number of benzene rings is 3. The first-order chi connectivity index (χ1) is 14.5. The smallest absolute Gasteiger partial charge is 0.288 e. The van der Waals surface area contributed by atoms with Crippen molar-refractivity contribution in [1.29, 1.82) is 0 Å². The molecule has 0 fully saturated rings. The number of non-ortho nitro benzene ring substituents is 1. The largest absolute Gasteiger partial charge is 0.299 e. The van der Waals surface area contributed by atoms with Crippen molar-refractivity contribution in [3.05, 3.63) is 105 Å². The van der Waals surface area contributed by atoms with Crippen LogP contribution >= 0.6 is 0 Å². The van der Waals surface area contributed by atoms with Gasteiger partial charge in [0.05, 0.1) is 22.0 Å². The first-order valence-electron chi connectivity index (χ1n) is 9.16. The van der Waals surface area contributed by atoms with Crippen LogP contribution < -0.4 is 5.56 Å². The van der Waals surface area contributed by atoms with E-state index in [1.165, 1.54) is 16.8 Å². The van der Waals surface area contributed by atoms with Gasteiger partial charge in [0.1, 0.15) is 0 Å². The number of hydrogen-bond acceptors (Lipinski definition) is 5. The summed E-state index contributed by atoms with van der Waals surface area (Å²) in [6.07, 6.45) is 0. The molecule has 1 aromatic heterocycles. The summed E-state index contributed by atoms with van der Waals surface area (Å²) in [5.74, 6) is 0. The number of azo groups is 1. The molecule has 0 saturated carbocycles. The number of para-hydroxylation sites is 1. The Morgan fingerprint density at radius 3 is 2.33 bits per heavy atom. The third-order valence-electron chi connectivity index (χ3n) is 4.51. The Hall–Kier alpha value is -4.33. The van der Waals surface area contributed by atoms with Gasteiger partial charge >= 0.3 is 0 Å². The van der Waals surface area contributed by atoms with Crippen LogP contribution in [-0.4, -0.2) is 14.7 Å². The zero-order chi connectivity index (χ0) is 21.1. The van der Waals surface area contributed by atoms with Gasteiger partial charge in [-0.3, -0.25) is 20.0 Å². The molecule has 0 aliphatic rings. The molecule has 0 unspecified atom stereocenters. The van der Waals surface area contributed by atoms with Crippen LogP contribution in [0.1, 0.15) is 5.56 Å². The molecule has 30 heavy (non-hydrogen) atoms. The van der Waals surface area contributed by atoms with E-state index in [-0.39, 0.29) is 16.9 Å². The van der Waals surface area contributed by atoms with E-state index in [4.69, 9.17) is 0 Å². The summed E-state index contributed by atoms with van der Waals surface area (Å²) >= 11 is 0. The van der Waals surface area contributed by atoms with Crippen LogP contribution in [0, 0.1) is 17.0 Å². The van der Waals surface area contributed by atoms with Gasteiger partial charge < -0.3 is 0 Å². The summed E-state index contributed by atoms with van der Waals surface area (Å²) in [5.41, 5.74) is 3.02. The summed E-state index contributed by atoms with van der Waals surface area (Å²) in [7, 11) is 0. The van der Waals surface area contributed by atoms with E-state index in [1.807, 2.05) is 43.3 Å². The summed E-state index contributed by atoms with van der Waals surface area (Å²) in [6.45, 7) is 1.94. The molecule has 148 valence electrons. The molecule has 0 atom stereocenters. The Morgan fingerprint density at radius 1 is 0.933 bits per heavy atom. The van der Waals surface area contributed by atoms with Gasteiger partial charge in [0.15, 0.2) is 5.69 Å². The number of aromatic amines is 1. The molecule has 1 N–H and O–H groups in total. The zero-order valence-electron chi connectivity index (χ0n) is 16.0. The van der Waals surface area contributed by atoms with E-state index in [2.05, 4.69) is 15.3 Å². The number of rotatable bonds is 5. The molecule has 1 heterocycles. The van der Waals surface area contributed by atoms with Crippen molar-refractivity contribution in [3.8, 4) is 16.9 Å². The van der Waals surface area contributed by atoms with Crippen LogP contribution in [0.4, 0.5) is 17.1 Å². The fourth-order valence-corrected chi connectivity index (χ4v) is 3.03. The predicted octanol–water partition coefficient (Wildman–Crippen LogP) is 5.46. The highest BCUT2D eigenvalue weighted by molar-refractivity contribution is 5.72. The van der Waals surface area contributed by atoms with E-state index >= 15 is 0 Å². The van der Waals surface area contributed by atoms with Gasteiger partial charge in [-0.05, 0) is 48.9 Å². The molecule has 0 aliphatic heterocycles. The van der Waals surface area contributed by atoms with Gasteiger partial charge in [-0.1, -0.05) is 30.3 Å². The summed E-state index contributed by atoms with van der Waals surface area (Å²) < 4.78 is 1.38. The monoisotopic (exact) mass is 399 g/mol. The van der Waals surface area contributed by atoms with Crippen molar-refractivity contribution in [2.75, 3.05) is 0 Å². The Balaban J connectivity index is 1.85. The first kappa shape index (κ1) is 19.0. The Kier molecular flexibility index (Phi) is 5.04. The van der Waals surface area contributed by atoms with Crippen LogP contribution in [0.2, 0.25) is 0 Å². The molecule has 8 heteroatoms. The second kappa shape index (κ2) is 7.96. The first-order valence-corrected chi connectivity index (χ1v) is 9.16. The van der Waals surface area contributed by atoms with Crippen molar-refractivity contribution >= 4 is 17.1 Å². The highest BCUT2D eigenvalue weighted by Crippen LogP contribution is 2.29. The van der Waals surface area contributed by atoms with Crippen LogP contribution in [0.25, 0.3) is 16.9 Å². The number of nitro benzene ring substituents is 1. The fraction of sp³-hybridized carbons (Fsp3) is 0.0455. The highest BCUT2D eigenvalue weighted by atomic mass is 16.6. The van der Waals surface area contributed by atoms with Crippen molar-refractivity contribution in [1.82, 2.24) is 9.78 Å². The van der Waals surface area contributed by atoms with Crippen LogP contribution in [0.15, 0.2) is 93.9 Å². The average Bonchev–Trinajstić information content (AvgIpc) is 3.09. The third-order valence-corrected chi connectivity index (χ3v) is 4.51. The Bertz CT molecular complexity index is 1290. The number of H-pyrrole nitrogens is 1. The van der Waals surface area contributed by atoms with Crippen LogP contribution in [0.3, 0.4) is 0 Å². The minimum atomic E-state index is -0.472. The van der Waals surface area contributed by atoms with Gasteiger partial charge in [0.2, 0.25) is 0 Å². The molecule has 4 rings (SSSR count). The lowest BCUT2D eigenvalue weighted by Crippen LogP contribution is -2.13. The summed E-state index contributed by atoms with van der Waals surface area (Å²) in [5, 5.41) is 22.5. The molecule has 0 aliphatic carbocycles. The molecule has 0 spiro atoms. The maximum atomic E-state index is 13.1. The minimum absolute atomic E-state index is 0.0356. The molecule has 8 nitrogen and oxygen atoms in total. The summed E-state index contributed by atoms with van der Waals surface area (Å²) in [6, 6.07) is 22.5. The maximum Gasteiger partial charge on any atom is 0.299 e. The Labute approximate surface area is 171 Å². The van der Waals surface area contributed by atoms with Gasteiger partial charge in [-0.15, -0.1) is 5.11 Å². The number of aromatic nitrogens is 2. The van der Waals surface area contributed by atoms with Crippen LogP contribution in [0.5, 0.6) is 0 Å². The molecular formula is C22H17N5O3. The highest BCUT2D eigenvalue weighted by Gasteiger charge is 2.18. The molecule has 3 aromatic carbocycles. The van der Waals surface area contributed by atoms with Crippen molar-refractivity contribution in [3.63, 3.8) is 0 Å². The van der Waals surface area contributed by atoms with Crippen molar-refractivity contribution in [2.24, 2.45) is 10.2 Å². The maximum absolute atomic E-state index is 13.1. The van der Waals surface area contributed by atoms with Crippen molar-refractivity contribution < 1.29 is 4.92 Å². The van der Waals surface area contributed by atoms with E-state index in [1.54, 1.807) is 30.3 Å². The van der Waals surface area contributed by atoms with E-state index in [9.17, 15) is 14.9 Å².